The summed E-state index contributed by atoms with van der Waals surface area (Å²) >= 11 is 0. The average molecular weight is 295 g/mol. The first-order chi connectivity index (χ1) is 10.6. The van der Waals surface area contributed by atoms with Gasteiger partial charge in [-0.25, -0.2) is 4.68 Å². The van der Waals surface area contributed by atoms with E-state index in [0.717, 1.165) is 10.9 Å². The SMILES string of the molecule is C[C@@H](NC(=O)Cc1ccc2ccccc2c1)c1nnnn1C. The summed E-state index contributed by atoms with van der Waals surface area (Å²) in [4.78, 5) is 12.2. The van der Waals surface area contributed by atoms with E-state index in [1.165, 1.54) is 5.39 Å². The van der Waals surface area contributed by atoms with Gasteiger partial charge in [0.2, 0.25) is 5.91 Å². The van der Waals surface area contributed by atoms with Gasteiger partial charge in [0.15, 0.2) is 5.82 Å². The number of amides is 1. The molecule has 6 heteroatoms. The zero-order chi connectivity index (χ0) is 15.5. The van der Waals surface area contributed by atoms with Gasteiger partial charge in [-0.05, 0) is 33.7 Å². The molecular weight excluding hydrogens is 278 g/mol. The second-order valence-electron chi connectivity index (χ2n) is 5.31. The van der Waals surface area contributed by atoms with Crippen LogP contribution in [0.3, 0.4) is 0 Å². The van der Waals surface area contributed by atoms with E-state index < -0.39 is 0 Å². The highest BCUT2D eigenvalue weighted by Crippen LogP contribution is 2.16. The molecule has 0 aliphatic rings. The van der Waals surface area contributed by atoms with Crippen LogP contribution in [-0.4, -0.2) is 26.1 Å². The zero-order valence-electron chi connectivity index (χ0n) is 12.5. The Morgan fingerprint density at radius 1 is 1.23 bits per heavy atom. The summed E-state index contributed by atoms with van der Waals surface area (Å²) in [5.41, 5.74) is 0.986. The first-order valence-electron chi connectivity index (χ1n) is 7.13. The van der Waals surface area contributed by atoms with Crippen LogP contribution < -0.4 is 5.32 Å². The standard InChI is InChI=1S/C16H17N5O/c1-11(16-18-19-20-21(16)2)17-15(22)10-12-7-8-13-5-3-4-6-14(13)9-12/h3-9,11H,10H2,1-2H3,(H,17,22)/t11-/m1/s1. The molecule has 1 N–H and O–H groups in total. The molecule has 2 aromatic carbocycles. The molecule has 1 amide bonds. The number of fused-ring (bicyclic) bond motifs is 1. The van der Waals surface area contributed by atoms with E-state index in [9.17, 15) is 4.79 Å². The summed E-state index contributed by atoms with van der Waals surface area (Å²) in [6, 6.07) is 13.9. The maximum atomic E-state index is 12.2. The maximum absolute atomic E-state index is 12.2. The fourth-order valence-corrected chi connectivity index (χ4v) is 2.49. The molecule has 0 spiro atoms. The number of carbonyl (C=O) groups is 1. The number of nitrogens with zero attached hydrogens (tertiary/aromatic N) is 4. The quantitative estimate of drug-likeness (QED) is 0.796. The van der Waals surface area contributed by atoms with Gasteiger partial charge in [0.05, 0.1) is 12.5 Å². The highest BCUT2D eigenvalue weighted by atomic mass is 16.1. The van der Waals surface area contributed by atoms with Crippen molar-refractivity contribution in [2.75, 3.05) is 0 Å². The predicted octanol–water partition coefficient (Wildman–Crippen LogP) is 1.78. The molecule has 1 atom stereocenters. The molecule has 0 saturated heterocycles. The molecule has 0 radical (unpaired) electrons. The smallest absolute Gasteiger partial charge is 0.224 e. The van der Waals surface area contributed by atoms with Crippen molar-refractivity contribution < 1.29 is 4.79 Å². The van der Waals surface area contributed by atoms with E-state index in [2.05, 4.69) is 26.9 Å². The molecule has 112 valence electrons. The highest BCUT2D eigenvalue weighted by Gasteiger charge is 2.15. The van der Waals surface area contributed by atoms with E-state index in [4.69, 9.17) is 0 Å². The van der Waals surface area contributed by atoms with Crippen molar-refractivity contribution in [3.8, 4) is 0 Å². The van der Waals surface area contributed by atoms with Gasteiger partial charge in [0, 0.05) is 7.05 Å². The van der Waals surface area contributed by atoms with Gasteiger partial charge in [0.1, 0.15) is 0 Å². The Morgan fingerprint density at radius 3 is 2.73 bits per heavy atom. The molecule has 3 aromatic rings. The summed E-state index contributed by atoms with van der Waals surface area (Å²) in [6.07, 6.45) is 0.334. The molecule has 6 nitrogen and oxygen atoms in total. The molecule has 1 aromatic heterocycles. The Morgan fingerprint density at radius 2 is 2.00 bits per heavy atom. The number of nitrogens with one attached hydrogen (secondary N) is 1. The predicted molar refractivity (Wildman–Crippen MR) is 83.0 cm³/mol. The summed E-state index contributed by atoms with van der Waals surface area (Å²) in [7, 11) is 1.75. The van der Waals surface area contributed by atoms with Gasteiger partial charge >= 0.3 is 0 Å². The first kappa shape index (κ1) is 14.2. The minimum Gasteiger partial charge on any atom is -0.346 e. The zero-order valence-corrected chi connectivity index (χ0v) is 12.5. The van der Waals surface area contributed by atoms with Gasteiger partial charge in [-0.15, -0.1) is 5.10 Å². The topological polar surface area (TPSA) is 72.7 Å². The molecule has 0 fully saturated rings. The summed E-state index contributed by atoms with van der Waals surface area (Å²) in [5, 5.41) is 16.5. The number of hydrogen-bond acceptors (Lipinski definition) is 4. The Hall–Kier alpha value is -2.76. The van der Waals surface area contributed by atoms with Gasteiger partial charge < -0.3 is 5.32 Å². The van der Waals surface area contributed by atoms with E-state index in [1.54, 1.807) is 11.7 Å². The molecular formula is C16H17N5O. The van der Waals surface area contributed by atoms with Gasteiger partial charge in [-0.2, -0.15) is 0 Å². The van der Waals surface area contributed by atoms with E-state index >= 15 is 0 Å². The van der Waals surface area contributed by atoms with Crippen molar-refractivity contribution >= 4 is 16.7 Å². The number of aryl methyl sites for hydroxylation is 1. The van der Waals surface area contributed by atoms with Gasteiger partial charge in [-0.1, -0.05) is 42.5 Å². The average Bonchev–Trinajstić information content (AvgIpc) is 2.93. The lowest BCUT2D eigenvalue weighted by Crippen LogP contribution is -2.29. The summed E-state index contributed by atoms with van der Waals surface area (Å²) < 4.78 is 1.56. The largest absolute Gasteiger partial charge is 0.346 e. The lowest BCUT2D eigenvalue weighted by atomic mass is 10.0. The van der Waals surface area contributed by atoms with Crippen LogP contribution >= 0.6 is 0 Å². The van der Waals surface area contributed by atoms with Crippen LogP contribution in [0.1, 0.15) is 24.4 Å². The number of benzene rings is 2. The molecule has 0 saturated carbocycles. The number of rotatable bonds is 4. The number of tetrazole rings is 1. The number of carbonyl (C=O) groups excluding carboxylic acids is 1. The third kappa shape index (κ3) is 2.95. The van der Waals surface area contributed by atoms with Crippen molar-refractivity contribution in [1.82, 2.24) is 25.5 Å². The first-order valence-corrected chi connectivity index (χ1v) is 7.13. The van der Waals surface area contributed by atoms with Crippen molar-refractivity contribution in [2.24, 2.45) is 7.05 Å². The Bertz CT molecular complexity index is 811. The monoisotopic (exact) mass is 295 g/mol. The number of hydrogen-bond donors (Lipinski definition) is 1. The van der Waals surface area contributed by atoms with Crippen LogP contribution in [0.15, 0.2) is 42.5 Å². The van der Waals surface area contributed by atoms with Crippen LogP contribution in [0.25, 0.3) is 10.8 Å². The van der Waals surface area contributed by atoms with Gasteiger partial charge in [0.25, 0.3) is 0 Å². The van der Waals surface area contributed by atoms with Crippen LogP contribution in [0.2, 0.25) is 0 Å². The number of aromatic nitrogens is 4. The third-order valence-corrected chi connectivity index (χ3v) is 3.60. The van der Waals surface area contributed by atoms with Crippen LogP contribution in [0.5, 0.6) is 0 Å². The van der Waals surface area contributed by atoms with E-state index in [0.29, 0.717) is 12.2 Å². The third-order valence-electron chi connectivity index (χ3n) is 3.60. The van der Waals surface area contributed by atoms with Crippen LogP contribution in [-0.2, 0) is 18.3 Å². The molecule has 0 bridgehead atoms. The van der Waals surface area contributed by atoms with Crippen molar-refractivity contribution in [1.29, 1.82) is 0 Å². The molecule has 0 unspecified atom stereocenters. The Kier molecular flexibility index (Phi) is 3.82. The maximum Gasteiger partial charge on any atom is 0.224 e. The second-order valence-corrected chi connectivity index (χ2v) is 5.31. The van der Waals surface area contributed by atoms with E-state index in [1.807, 2.05) is 43.3 Å². The van der Waals surface area contributed by atoms with E-state index in [-0.39, 0.29) is 11.9 Å². The molecule has 0 aliphatic heterocycles. The Balaban J connectivity index is 1.69. The fourth-order valence-electron chi connectivity index (χ4n) is 2.49. The summed E-state index contributed by atoms with van der Waals surface area (Å²) in [5.74, 6) is 0.581. The molecule has 3 rings (SSSR count). The lowest BCUT2D eigenvalue weighted by Gasteiger charge is -2.12. The minimum absolute atomic E-state index is 0.0502. The highest BCUT2D eigenvalue weighted by molar-refractivity contribution is 5.85. The summed E-state index contributed by atoms with van der Waals surface area (Å²) in [6.45, 7) is 1.87. The van der Waals surface area contributed by atoms with Gasteiger partial charge in [-0.3, -0.25) is 4.79 Å². The molecule has 0 aliphatic carbocycles. The van der Waals surface area contributed by atoms with Crippen molar-refractivity contribution in [2.45, 2.75) is 19.4 Å². The van der Waals surface area contributed by atoms with Crippen LogP contribution in [0.4, 0.5) is 0 Å². The minimum atomic E-state index is -0.229. The van der Waals surface area contributed by atoms with Crippen molar-refractivity contribution in [3.63, 3.8) is 0 Å². The molecule has 22 heavy (non-hydrogen) atoms. The van der Waals surface area contributed by atoms with Crippen molar-refractivity contribution in [3.05, 3.63) is 53.9 Å². The molecule has 1 heterocycles. The second kappa shape index (κ2) is 5.93. The normalized spacial score (nSPS) is 12.3. The lowest BCUT2D eigenvalue weighted by molar-refractivity contribution is -0.121. The van der Waals surface area contributed by atoms with Crippen LogP contribution in [0, 0.1) is 0 Å². The Labute approximate surface area is 128 Å². The fraction of sp³-hybridized carbons (Fsp3) is 0.250.